The van der Waals surface area contributed by atoms with Crippen molar-refractivity contribution < 1.29 is 9.18 Å². The van der Waals surface area contributed by atoms with Crippen LogP contribution in [0.3, 0.4) is 0 Å². The largest absolute Gasteiger partial charge is 0.289 e. The summed E-state index contributed by atoms with van der Waals surface area (Å²) in [7, 11) is 0. The Labute approximate surface area is 123 Å². The first kappa shape index (κ1) is 13.9. The lowest BCUT2D eigenvalue weighted by molar-refractivity contribution is 0.104. The van der Waals surface area contributed by atoms with Gasteiger partial charge in [-0.1, -0.05) is 33.6 Å². The van der Waals surface area contributed by atoms with Gasteiger partial charge in [0.15, 0.2) is 5.78 Å². The molecule has 0 fully saturated rings. The molecule has 0 bridgehead atoms. The molecule has 0 amide bonds. The van der Waals surface area contributed by atoms with E-state index in [0.29, 0.717) is 9.63 Å². The number of aromatic nitrogens is 1. The van der Waals surface area contributed by atoms with Gasteiger partial charge in [-0.05, 0) is 42.0 Å². The van der Waals surface area contributed by atoms with E-state index in [1.165, 1.54) is 24.4 Å². The molecule has 1 heterocycles. The summed E-state index contributed by atoms with van der Waals surface area (Å²) in [5.74, 6) is -0.960. The van der Waals surface area contributed by atoms with Gasteiger partial charge >= 0.3 is 0 Å². The summed E-state index contributed by atoms with van der Waals surface area (Å²) in [6.07, 6.45) is 4.40. The molecule has 2 aromatic rings. The molecular formula is C14H8BrClFNO. The molecule has 0 spiro atoms. The average molecular weight is 341 g/mol. The number of carbonyl (C=O) groups is 1. The minimum absolute atomic E-state index is 0.0290. The molecule has 1 aromatic heterocycles. The van der Waals surface area contributed by atoms with Crippen molar-refractivity contribution in [3.63, 3.8) is 0 Å². The first-order valence-electron chi connectivity index (χ1n) is 5.35. The highest BCUT2D eigenvalue weighted by molar-refractivity contribution is 9.10. The van der Waals surface area contributed by atoms with Gasteiger partial charge < -0.3 is 0 Å². The van der Waals surface area contributed by atoms with Crippen LogP contribution in [0, 0.1) is 5.82 Å². The minimum Gasteiger partial charge on any atom is -0.289 e. The predicted molar refractivity (Wildman–Crippen MR) is 76.7 cm³/mol. The molecule has 0 radical (unpaired) electrons. The molecule has 1 aromatic carbocycles. The van der Waals surface area contributed by atoms with Gasteiger partial charge in [0.05, 0.1) is 5.56 Å². The molecule has 0 saturated carbocycles. The summed E-state index contributed by atoms with van der Waals surface area (Å²) in [5.41, 5.74) is 0.747. The number of pyridine rings is 1. The maximum absolute atomic E-state index is 13.6. The van der Waals surface area contributed by atoms with E-state index in [4.69, 9.17) is 11.6 Å². The van der Waals surface area contributed by atoms with Crippen LogP contribution in [0.2, 0.25) is 5.15 Å². The smallest absolute Gasteiger partial charge is 0.188 e. The Bertz CT molecular complexity index is 640. The average Bonchev–Trinajstić information content (AvgIpc) is 2.37. The quantitative estimate of drug-likeness (QED) is 0.467. The van der Waals surface area contributed by atoms with Gasteiger partial charge in [0.25, 0.3) is 0 Å². The summed E-state index contributed by atoms with van der Waals surface area (Å²) in [5, 5.41) is 0.377. The van der Waals surface area contributed by atoms with Crippen molar-refractivity contribution >= 4 is 39.4 Å². The van der Waals surface area contributed by atoms with Crippen LogP contribution in [-0.4, -0.2) is 10.8 Å². The first-order chi connectivity index (χ1) is 9.06. The van der Waals surface area contributed by atoms with Crippen molar-refractivity contribution in [2.24, 2.45) is 0 Å². The molecule has 0 aliphatic rings. The molecule has 5 heteroatoms. The number of hydrogen-bond acceptors (Lipinski definition) is 2. The van der Waals surface area contributed by atoms with Gasteiger partial charge in [-0.15, -0.1) is 0 Å². The van der Waals surface area contributed by atoms with Gasteiger partial charge in [0.2, 0.25) is 0 Å². The zero-order valence-corrected chi connectivity index (χ0v) is 12.0. The van der Waals surface area contributed by atoms with Crippen LogP contribution in [0.4, 0.5) is 4.39 Å². The number of benzene rings is 1. The zero-order chi connectivity index (χ0) is 13.8. The Kier molecular flexibility index (Phi) is 4.45. The molecule has 0 N–H and O–H groups in total. The maximum Gasteiger partial charge on any atom is 0.188 e. The number of nitrogens with zero attached hydrogens (tertiary/aromatic N) is 1. The summed E-state index contributed by atoms with van der Waals surface area (Å²) in [4.78, 5) is 15.7. The van der Waals surface area contributed by atoms with E-state index in [1.54, 1.807) is 24.3 Å². The fourth-order valence-electron chi connectivity index (χ4n) is 1.44. The molecule has 0 unspecified atom stereocenters. The monoisotopic (exact) mass is 339 g/mol. The van der Waals surface area contributed by atoms with Crippen molar-refractivity contribution in [1.29, 1.82) is 0 Å². The van der Waals surface area contributed by atoms with Crippen LogP contribution in [0.25, 0.3) is 6.08 Å². The summed E-state index contributed by atoms with van der Waals surface area (Å²) in [6, 6.07) is 7.65. The third kappa shape index (κ3) is 3.72. The lowest BCUT2D eigenvalue weighted by atomic mass is 10.1. The Morgan fingerprint density at radius 2 is 2.11 bits per heavy atom. The molecular weight excluding hydrogens is 333 g/mol. The van der Waals surface area contributed by atoms with Gasteiger partial charge in [-0.25, -0.2) is 9.37 Å². The fraction of sp³-hybridized carbons (Fsp3) is 0. The molecule has 19 heavy (non-hydrogen) atoms. The SMILES string of the molecule is O=C(/C=C/c1ccc(Cl)nc1)c1ccc(Br)cc1F. The van der Waals surface area contributed by atoms with E-state index < -0.39 is 11.6 Å². The lowest BCUT2D eigenvalue weighted by Gasteiger charge is -1.99. The number of halogens is 3. The van der Waals surface area contributed by atoms with E-state index in [0.717, 1.165) is 5.56 Å². The van der Waals surface area contributed by atoms with E-state index >= 15 is 0 Å². The zero-order valence-electron chi connectivity index (χ0n) is 9.61. The van der Waals surface area contributed by atoms with Gasteiger partial charge in [-0.3, -0.25) is 4.79 Å². The van der Waals surface area contributed by atoms with Crippen molar-refractivity contribution in [3.8, 4) is 0 Å². The van der Waals surface area contributed by atoms with Crippen LogP contribution in [0.5, 0.6) is 0 Å². The van der Waals surface area contributed by atoms with Crippen LogP contribution >= 0.6 is 27.5 Å². The third-order valence-electron chi connectivity index (χ3n) is 2.37. The normalized spacial score (nSPS) is 10.9. The molecule has 0 aliphatic heterocycles. The van der Waals surface area contributed by atoms with Gasteiger partial charge in [0.1, 0.15) is 11.0 Å². The van der Waals surface area contributed by atoms with E-state index in [2.05, 4.69) is 20.9 Å². The van der Waals surface area contributed by atoms with Gasteiger partial charge in [-0.2, -0.15) is 0 Å². The maximum atomic E-state index is 13.6. The second-order valence-electron chi connectivity index (χ2n) is 3.74. The van der Waals surface area contributed by atoms with Crippen molar-refractivity contribution in [2.45, 2.75) is 0 Å². The number of rotatable bonds is 3. The Hall–Kier alpha value is -1.52. The van der Waals surface area contributed by atoms with E-state index in [1.807, 2.05) is 0 Å². The highest BCUT2D eigenvalue weighted by Crippen LogP contribution is 2.16. The van der Waals surface area contributed by atoms with Crippen molar-refractivity contribution in [2.75, 3.05) is 0 Å². The second-order valence-corrected chi connectivity index (χ2v) is 5.04. The number of carbonyl (C=O) groups excluding carboxylic acids is 1. The highest BCUT2D eigenvalue weighted by atomic mass is 79.9. The standard InChI is InChI=1S/C14H8BrClFNO/c15-10-3-4-11(12(17)7-10)13(19)5-1-9-2-6-14(16)18-8-9/h1-8H/b5-1+. The minimum atomic E-state index is -0.557. The van der Waals surface area contributed by atoms with E-state index in [-0.39, 0.29) is 5.56 Å². The van der Waals surface area contributed by atoms with Crippen LogP contribution in [0.1, 0.15) is 15.9 Å². The Morgan fingerprint density at radius 1 is 1.32 bits per heavy atom. The second kappa shape index (κ2) is 6.08. The lowest BCUT2D eigenvalue weighted by Crippen LogP contribution is -1.98. The molecule has 2 rings (SSSR count). The van der Waals surface area contributed by atoms with Crippen molar-refractivity contribution in [3.05, 3.63) is 69.2 Å². The Morgan fingerprint density at radius 3 is 2.74 bits per heavy atom. The summed E-state index contributed by atoms with van der Waals surface area (Å²) in [6.45, 7) is 0. The molecule has 0 atom stereocenters. The topological polar surface area (TPSA) is 30.0 Å². The molecule has 0 saturated heterocycles. The Balaban J connectivity index is 2.18. The number of ketones is 1. The third-order valence-corrected chi connectivity index (χ3v) is 3.09. The summed E-state index contributed by atoms with van der Waals surface area (Å²) >= 11 is 8.79. The van der Waals surface area contributed by atoms with Crippen LogP contribution in [-0.2, 0) is 0 Å². The summed E-state index contributed by atoms with van der Waals surface area (Å²) < 4.78 is 14.2. The van der Waals surface area contributed by atoms with Crippen LogP contribution in [0.15, 0.2) is 47.1 Å². The van der Waals surface area contributed by atoms with Crippen molar-refractivity contribution in [1.82, 2.24) is 4.98 Å². The molecule has 2 nitrogen and oxygen atoms in total. The number of allylic oxidation sites excluding steroid dienone is 1. The van der Waals surface area contributed by atoms with E-state index in [9.17, 15) is 9.18 Å². The highest BCUT2D eigenvalue weighted by Gasteiger charge is 2.08. The molecule has 96 valence electrons. The number of hydrogen-bond donors (Lipinski definition) is 0. The van der Waals surface area contributed by atoms with Gasteiger partial charge in [0, 0.05) is 10.7 Å². The molecule has 0 aliphatic carbocycles. The predicted octanol–water partition coefficient (Wildman–Crippen LogP) is 4.53. The first-order valence-corrected chi connectivity index (χ1v) is 6.52. The van der Waals surface area contributed by atoms with Crippen LogP contribution < -0.4 is 0 Å². The fourth-order valence-corrected chi connectivity index (χ4v) is 1.88.